The van der Waals surface area contributed by atoms with Crippen LogP contribution in [0.25, 0.3) is 0 Å². The number of hydrazone groups is 1. The van der Waals surface area contributed by atoms with Crippen molar-refractivity contribution in [2.24, 2.45) is 5.10 Å². The molecule has 2 aromatic rings. The third kappa shape index (κ3) is 6.15. The van der Waals surface area contributed by atoms with Gasteiger partial charge in [-0.1, -0.05) is 30.3 Å². The zero-order valence-electron chi connectivity index (χ0n) is 14.3. The van der Waals surface area contributed by atoms with E-state index in [2.05, 4.69) is 10.5 Å². The van der Waals surface area contributed by atoms with Crippen molar-refractivity contribution in [1.29, 1.82) is 0 Å². The number of rotatable bonds is 8. The largest absolute Gasteiger partial charge is 0.504 e. The van der Waals surface area contributed by atoms with Gasteiger partial charge in [0.2, 0.25) is 0 Å². The average Bonchev–Trinajstić information content (AvgIpc) is 2.63. The number of thioether (sulfide) groups is 1. The van der Waals surface area contributed by atoms with Gasteiger partial charge in [-0.3, -0.25) is 4.79 Å². The standard InChI is InChI=1S/C19H22N2O3S/c1-3-24-18-11-16(9-10-17(18)22)12-20-21-19(23)14(2)25-13-15-7-5-4-6-8-15/h4-12,14,22H,3,13H2,1-2H3,(H,21,23)/b20-12+/t14-/m1/s1. The fourth-order valence-corrected chi connectivity index (χ4v) is 2.85. The zero-order valence-corrected chi connectivity index (χ0v) is 15.1. The highest BCUT2D eigenvalue weighted by Gasteiger charge is 2.12. The number of nitrogens with zero attached hydrogens (tertiary/aromatic N) is 1. The minimum atomic E-state index is -0.212. The van der Waals surface area contributed by atoms with Gasteiger partial charge in [0.25, 0.3) is 5.91 Å². The third-order valence-electron chi connectivity index (χ3n) is 3.38. The Hall–Kier alpha value is -2.47. The van der Waals surface area contributed by atoms with Crippen LogP contribution < -0.4 is 10.2 Å². The van der Waals surface area contributed by atoms with Crippen LogP contribution in [0.2, 0.25) is 0 Å². The summed E-state index contributed by atoms with van der Waals surface area (Å²) in [5.41, 5.74) is 4.45. The van der Waals surface area contributed by atoms with Gasteiger partial charge in [0.15, 0.2) is 11.5 Å². The highest BCUT2D eigenvalue weighted by Crippen LogP contribution is 2.26. The Labute approximate surface area is 152 Å². The van der Waals surface area contributed by atoms with Crippen molar-refractivity contribution in [3.8, 4) is 11.5 Å². The molecule has 0 aliphatic carbocycles. The number of nitrogens with one attached hydrogen (secondary N) is 1. The molecule has 0 aromatic heterocycles. The van der Waals surface area contributed by atoms with Gasteiger partial charge in [0.1, 0.15) is 0 Å². The van der Waals surface area contributed by atoms with Crippen molar-refractivity contribution in [3.63, 3.8) is 0 Å². The molecule has 1 atom stereocenters. The molecule has 2 N–H and O–H groups in total. The van der Waals surface area contributed by atoms with Gasteiger partial charge in [-0.2, -0.15) is 5.10 Å². The summed E-state index contributed by atoms with van der Waals surface area (Å²) in [4.78, 5) is 12.1. The lowest BCUT2D eigenvalue weighted by atomic mass is 10.2. The lowest BCUT2D eigenvalue weighted by Gasteiger charge is -2.09. The molecular weight excluding hydrogens is 336 g/mol. The number of hydrogen-bond acceptors (Lipinski definition) is 5. The summed E-state index contributed by atoms with van der Waals surface area (Å²) in [6, 6.07) is 14.9. The molecule has 0 saturated heterocycles. The molecule has 0 spiro atoms. The van der Waals surface area contributed by atoms with E-state index in [9.17, 15) is 9.90 Å². The summed E-state index contributed by atoms with van der Waals surface area (Å²) in [5, 5.41) is 13.4. The molecule has 0 aliphatic heterocycles. The number of carbonyl (C=O) groups excluding carboxylic acids is 1. The summed E-state index contributed by atoms with van der Waals surface area (Å²) < 4.78 is 5.31. The Bertz CT molecular complexity index is 720. The predicted octanol–water partition coefficient (Wildman–Crippen LogP) is 3.56. The van der Waals surface area contributed by atoms with Crippen LogP contribution in [0.3, 0.4) is 0 Å². The van der Waals surface area contributed by atoms with E-state index in [0.717, 1.165) is 11.3 Å². The summed E-state index contributed by atoms with van der Waals surface area (Å²) in [6.07, 6.45) is 1.52. The minimum Gasteiger partial charge on any atom is -0.504 e. The van der Waals surface area contributed by atoms with Gasteiger partial charge < -0.3 is 9.84 Å². The first-order valence-corrected chi connectivity index (χ1v) is 9.09. The smallest absolute Gasteiger partial charge is 0.252 e. The molecule has 132 valence electrons. The lowest BCUT2D eigenvalue weighted by Crippen LogP contribution is -2.27. The van der Waals surface area contributed by atoms with Gasteiger partial charge in [-0.25, -0.2) is 5.43 Å². The van der Waals surface area contributed by atoms with Gasteiger partial charge >= 0.3 is 0 Å². The van der Waals surface area contributed by atoms with Crippen molar-refractivity contribution in [1.82, 2.24) is 5.43 Å². The van der Waals surface area contributed by atoms with E-state index in [1.807, 2.05) is 44.2 Å². The van der Waals surface area contributed by atoms with E-state index in [1.165, 1.54) is 17.8 Å². The van der Waals surface area contributed by atoms with Crippen LogP contribution in [-0.2, 0) is 10.5 Å². The first-order valence-electron chi connectivity index (χ1n) is 8.04. The molecular formula is C19H22N2O3S. The van der Waals surface area contributed by atoms with Crippen LogP contribution in [0.4, 0.5) is 0 Å². The lowest BCUT2D eigenvalue weighted by molar-refractivity contribution is -0.120. The molecule has 0 unspecified atom stereocenters. The Kier molecular flexibility index (Phi) is 7.35. The predicted molar refractivity (Wildman–Crippen MR) is 102 cm³/mol. The van der Waals surface area contributed by atoms with E-state index < -0.39 is 0 Å². The second-order valence-electron chi connectivity index (χ2n) is 5.33. The molecule has 5 nitrogen and oxygen atoms in total. The number of phenols is 1. The van der Waals surface area contributed by atoms with Crippen LogP contribution in [0.1, 0.15) is 25.0 Å². The highest BCUT2D eigenvalue weighted by atomic mass is 32.2. The van der Waals surface area contributed by atoms with Gasteiger partial charge in [0, 0.05) is 5.75 Å². The van der Waals surface area contributed by atoms with Crippen LogP contribution in [0.5, 0.6) is 11.5 Å². The topological polar surface area (TPSA) is 70.9 Å². The van der Waals surface area contributed by atoms with Crippen molar-refractivity contribution in [2.45, 2.75) is 24.9 Å². The first-order chi connectivity index (χ1) is 12.1. The highest BCUT2D eigenvalue weighted by molar-refractivity contribution is 7.99. The number of hydrogen-bond donors (Lipinski definition) is 2. The molecule has 1 amide bonds. The normalized spacial score (nSPS) is 12.1. The van der Waals surface area contributed by atoms with Crippen LogP contribution in [0.15, 0.2) is 53.6 Å². The second-order valence-corrected chi connectivity index (χ2v) is 6.66. The van der Waals surface area contributed by atoms with Gasteiger partial charge in [-0.15, -0.1) is 11.8 Å². The minimum absolute atomic E-state index is 0.0777. The molecule has 2 rings (SSSR count). The first kappa shape index (κ1) is 18.9. The van der Waals surface area contributed by atoms with E-state index in [1.54, 1.807) is 23.9 Å². The molecule has 6 heteroatoms. The number of phenolic OH excluding ortho intramolecular Hbond substituents is 1. The Balaban J connectivity index is 1.84. The number of ether oxygens (including phenoxy) is 1. The molecule has 0 fully saturated rings. The quantitative estimate of drug-likeness (QED) is 0.559. The fourth-order valence-electron chi connectivity index (χ4n) is 2.01. The average molecular weight is 358 g/mol. The molecule has 25 heavy (non-hydrogen) atoms. The number of benzene rings is 2. The monoisotopic (exact) mass is 358 g/mol. The molecule has 0 radical (unpaired) electrons. The Morgan fingerprint density at radius 2 is 2.08 bits per heavy atom. The van der Waals surface area contributed by atoms with Crippen molar-refractivity contribution >= 4 is 23.9 Å². The van der Waals surface area contributed by atoms with Crippen molar-refractivity contribution in [3.05, 3.63) is 59.7 Å². The summed E-state index contributed by atoms with van der Waals surface area (Å²) in [6.45, 7) is 4.15. The molecule has 0 saturated carbocycles. The van der Waals surface area contributed by atoms with Crippen LogP contribution in [-0.4, -0.2) is 29.1 Å². The number of carbonyl (C=O) groups is 1. The van der Waals surface area contributed by atoms with Gasteiger partial charge in [0.05, 0.1) is 18.1 Å². The Morgan fingerprint density at radius 1 is 1.32 bits per heavy atom. The molecule has 2 aromatic carbocycles. The molecule has 0 aliphatic rings. The van der Waals surface area contributed by atoms with Crippen LogP contribution >= 0.6 is 11.8 Å². The maximum absolute atomic E-state index is 12.1. The summed E-state index contributed by atoms with van der Waals surface area (Å²) in [7, 11) is 0. The van der Waals surface area contributed by atoms with E-state index in [-0.39, 0.29) is 16.9 Å². The summed E-state index contributed by atoms with van der Waals surface area (Å²) >= 11 is 1.56. The fraction of sp³-hybridized carbons (Fsp3) is 0.263. The van der Waals surface area contributed by atoms with E-state index in [0.29, 0.717) is 12.4 Å². The maximum Gasteiger partial charge on any atom is 0.252 e. The van der Waals surface area contributed by atoms with Gasteiger partial charge in [-0.05, 0) is 43.2 Å². The zero-order chi connectivity index (χ0) is 18.1. The van der Waals surface area contributed by atoms with E-state index in [4.69, 9.17) is 4.74 Å². The number of amides is 1. The third-order valence-corrected chi connectivity index (χ3v) is 4.60. The Morgan fingerprint density at radius 3 is 2.80 bits per heavy atom. The van der Waals surface area contributed by atoms with Crippen molar-refractivity contribution < 1.29 is 14.6 Å². The van der Waals surface area contributed by atoms with Crippen LogP contribution in [0, 0.1) is 0 Å². The molecule has 0 heterocycles. The SMILES string of the molecule is CCOc1cc(/C=N/NC(=O)[C@@H](C)SCc2ccccc2)ccc1O. The molecule has 0 bridgehead atoms. The van der Waals surface area contributed by atoms with E-state index >= 15 is 0 Å². The maximum atomic E-state index is 12.1. The number of aromatic hydroxyl groups is 1. The summed E-state index contributed by atoms with van der Waals surface area (Å²) in [5.74, 6) is 1.09. The van der Waals surface area contributed by atoms with Crippen molar-refractivity contribution in [2.75, 3.05) is 6.61 Å². The second kappa shape index (κ2) is 9.74.